The van der Waals surface area contributed by atoms with E-state index in [1.165, 1.54) is 0 Å². The Morgan fingerprint density at radius 1 is 1.15 bits per heavy atom. The van der Waals surface area contributed by atoms with Crippen LogP contribution in [0.5, 0.6) is 0 Å². The monoisotopic (exact) mass is 438 g/mol. The molecule has 0 radical (unpaired) electrons. The molecule has 1 aliphatic heterocycles. The Kier molecular flexibility index (Phi) is 5.20. The third-order valence-electron chi connectivity index (χ3n) is 6.90. The summed E-state index contributed by atoms with van der Waals surface area (Å²) in [5, 5.41) is 11.0. The van der Waals surface area contributed by atoms with Crippen LogP contribution in [0.15, 0.2) is 47.7 Å². The fourth-order valence-electron chi connectivity index (χ4n) is 5.11. The number of nitrogens with zero attached hydrogens (tertiary/aromatic N) is 6. The Balaban J connectivity index is 1.53. The van der Waals surface area contributed by atoms with Gasteiger partial charge in [0.1, 0.15) is 0 Å². The van der Waals surface area contributed by atoms with Gasteiger partial charge in [0.25, 0.3) is 12.3 Å². The van der Waals surface area contributed by atoms with Crippen LogP contribution in [0.2, 0.25) is 11.6 Å². The number of aryl methyl sites for hydroxylation is 2. The average Bonchev–Trinajstić information content (AvgIpc) is 3.23. The second-order valence-electron chi connectivity index (χ2n) is 9.28. The van der Waals surface area contributed by atoms with E-state index >= 15 is 0 Å². The number of pyridine rings is 1. The Bertz CT molecular complexity index is 1450. The van der Waals surface area contributed by atoms with E-state index in [4.69, 9.17) is 0 Å². The normalized spacial score (nSPS) is 18.8. The van der Waals surface area contributed by atoms with Crippen molar-refractivity contribution >= 4 is 28.8 Å². The van der Waals surface area contributed by atoms with Crippen LogP contribution in [-0.4, -0.2) is 38.7 Å². The molecule has 0 aliphatic carbocycles. The van der Waals surface area contributed by atoms with Crippen molar-refractivity contribution in [2.75, 3.05) is 18.0 Å². The van der Waals surface area contributed by atoms with Crippen molar-refractivity contribution in [3.63, 3.8) is 0 Å². The first-order chi connectivity index (χ1) is 15.9. The van der Waals surface area contributed by atoms with Crippen LogP contribution in [0, 0.1) is 18.2 Å². The molecule has 33 heavy (non-hydrogen) atoms. The smallest absolute Gasteiger partial charge is 0.277 e. The van der Waals surface area contributed by atoms with E-state index in [1.54, 1.807) is 10.8 Å². The van der Waals surface area contributed by atoms with E-state index in [2.05, 4.69) is 47.7 Å². The Morgan fingerprint density at radius 3 is 2.61 bits per heavy atom. The van der Waals surface area contributed by atoms with Crippen LogP contribution >= 0.6 is 0 Å². The van der Waals surface area contributed by atoms with Gasteiger partial charge in [-0.3, -0.25) is 9.36 Å². The molecule has 0 amide bonds. The lowest BCUT2D eigenvalue weighted by Gasteiger charge is -2.38. The zero-order chi connectivity index (χ0) is 23.3. The van der Waals surface area contributed by atoms with Crippen molar-refractivity contribution in [2.24, 2.45) is 0 Å². The van der Waals surface area contributed by atoms with Gasteiger partial charge in [0.05, 0.1) is 17.6 Å². The van der Waals surface area contributed by atoms with Gasteiger partial charge in [-0.25, -0.2) is 15.2 Å². The molecule has 166 valence electrons. The van der Waals surface area contributed by atoms with Gasteiger partial charge in [-0.15, -0.1) is 0 Å². The van der Waals surface area contributed by atoms with Crippen molar-refractivity contribution < 1.29 is 0 Å². The summed E-state index contributed by atoms with van der Waals surface area (Å²) in [5.74, 6) is 3.67. The van der Waals surface area contributed by atoms with E-state index in [9.17, 15) is 10.1 Å². The van der Waals surface area contributed by atoms with Gasteiger partial charge < -0.3 is 9.30 Å². The highest BCUT2D eigenvalue weighted by molar-refractivity contribution is 6.70. The van der Waals surface area contributed by atoms with Crippen molar-refractivity contribution in [2.45, 2.75) is 45.8 Å². The van der Waals surface area contributed by atoms with Crippen molar-refractivity contribution in [1.29, 1.82) is 5.26 Å². The molecular formula is C25H27BN6O. The highest BCUT2D eigenvalue weighted by Crippen LogP contribution is 2.32. The second-order valence-corrected chi connectivity index (χ2v) is 9.28. The lowest BCUT2D eigenvalue weighted by atomic mass is 9.34. The van der Waals surface area contributed by atoms with Gasteiger partial charge >= 0.3 is 0 Å². The molecule has 0 N–H and O–H groups in total. The van der Waals surface area contributed by atoms with Crippen LogP contribution in [0.4, 0.5) is 5.69 Å². The van der Waals surface area contributed by atoms with Crippen molar-refractivity contribution in [3.05, 3.63) is 64.6 Å². The van der Waals surface area contributed by atoms with Crippen LogP contribution in [0.3, 0.4) is 0 Å². The maximum Gasteiger partial charge on any atom is 0.277 e. The van der Waals surface area contributed by atoms with E-state index in [0.717, 1.165) is 47.6 Å². The minimum Gasteiger partial charge on any atom is -0.372 e. The highest BCUT2D eigenvalue weighted by atomic mass is 16.1. The number of anilines is 1. The Morgan fingerprint density at radius 2 is 1.91 bits per heavy atom. The molecule has 2 atom stereocenters. The zero-order valence-electron chi connectivity index (χ0n) is 19.5. The summed E-state index contributed by atoms with van der Waals surface area (Å²) >= 11 is 0. The van der Waals surface area contributed by atoms with Crippen LogP contribution in [0.25, 0.3) is 22.2 Å². The van der Waals surface area contributed by atoms with Gasteiger partial charge in [-0.05, 0) is 54.6 Å². The summed E-state index contributed by atoms with van der Waals surface area (Å²) in [6.07, 6.45) is 6.49. The SMILES string of the molecule is CCc1cn2cc(-n3ccc4cc(N5CC(C)B(C#N)C(C)C5)ccc4c3=O)nc(C)c2n1. The number of aromatic nitrogens is 4. The molecule has 3 aromatic heterocycles. The first-order valence-electron chi connectivity index (χ1n) is 11.5. The number of hydrogen-bond donors (Lipinski definition) is 0. The quantitative estimate of drug-likeness (QED) is 0.451. The van der Waals surface area contributed by atoms with Gasteiger partial charge in [-0.1, -0.05) is 20.8 Å². The number of nitriles is 1. The first-order valence-corrected chi connectivity index (χ1v) is 11.5. The number of benzene rings is 1. The molecule has 4 aromatic rings. The fraction of sp³-hybridized carbons (Fsp3) is 0.360. The number of hydrogen-bond acceptors (Lipinski definition) is 5. The molecule has 1 aromatic carbocycles. The Hall–Kier alpha value is -3.60. The van der Waals surface area contributed by atoms with Crippen molar-refractivity contribution in [1.82, 2.24) is 18.9 Å². The highest BCUT2D eigenvalue weighted by Gasteiger charge is 2.35. The van der Waals surface area contributed by atoms with Gasteiger partial charge in [0, 0.05) is 42.5 Å². The van der Waals surface area contributed by atoms with E-state index in [-0.39, 0.29) is 12.3 Å². The summed E-state index contributed by atoms with van der Waals surface area (Å²) in [7, 11) is 0. The van der Waals surface area contributed by atoms with E-state index < -0.39 is 0 Å². The summed E-state index contributed by atoms with van der Waals surface area (Å²) in [6.45, 7) is 10.1. The minimum atomic E-state index is -0.0916. The molecule has 8 heteroatoms. The predicted octanol–water partition coefficient (Wildman–Crippen LogP) is 4.06. The molecule has 0 saturated carbocycles. The first kappa shape index (κ1) is 21.3. The average molecular weight is 438 g/mol. The predicted molar refractivity (Wildman–Crippen MR) is 133 cm³/mol. The molecule has 5 rings (SSSR count). The molecule has 7 nitrogen and oxygen atoms in total. The standard InChI is InChI=1S/C25H27BN6O/c1-5-20-13-31-14-23(28-18(4)24(31)29-20)32-9-8-19-10-21(6-7-22(19)25(32)33)30-11-16(2)26(15-27)17(3)12-30/h6-10,13-14,16-17H,5,11-12H2,1-4H3. The van der Waals surface area contributed by atoms with Gasteiger partial charge in [-0.2, -0.15) is 0 Å². The maximum absolute atomic E-state index is 13.4. The molecule has 1 aliphatic rings. The van der Waals surface area contributed by atoms with Crippen LogP contribution in [0.1, 0.15) is 32.2 Å². The van der Waals surface area contributed by atoms with Gasteiger partial charge in [0.2, 0.25) is 0 Å². The zero-order valence-corrected chi connectivity index (χ0v) is 19.5. The lowest BCUT2D eigenvalue weighted by molar-refractivity contribution is 0.679. The van der Waals surface area contributed by atoms with Crippen molar-refractivity contribution in [3.8, 4) is 11.8 Å². The number of rotatable bonds is 3. The summed E-state index contributed by atoms with van der Waals surface area (Å²) in [4.78, 5) is 24.9. The molecular weight excluding hydrogens is 411 g/mol. The lowest BCUT2D eigenvalue weighted by Crippen LogP contribution is -2.44. The largest absolute Gasteiger partial charge is 0.372 e. The molecule has 2 unspecified atom stereocenters. The molecule has 0 bridgehead atoms. The fourth-order valence-corrected chi connectivity index (χ4v) is 5.11. The summed E-state index contributed by atoms with van der Waals surface area (Å²) in [5.41, 5.74) is 3.61. The Labute approximate surface area is 193 Å². The number of fused-ring (bicyclic) bond motifs is 2. The molecule has 1 saturated heterocycles. The summed E-state index contributed by atoms with van der Waals surface area (Å²) < 4.78 is 3.55. The maximum atomic E-state index is 13.4. The summed E-state index contributed by atoms with van der Waals surface area (Å²) in [6, 6.07) is 7.98. The van der Waals surface area contributed by atoms with Crippen LogP contribution < -0.4 is 10.5 Å². The molecule has 0 spiro atoms. The van der Waals surface area contributed by atoms with E-state index in [0.29, 0.717) is 22.8 Å². The van der Waals surface area contributed by atoms with E-state index in [1.807, 2.05) is 41.9 Å². The molecule has 1 fully saturated rings. The third-order valence-corrected chi connectivity index (χ3v) is 6.90. The topological polar surface area (TPSA) is 79.2 Å². The molecule has 4 heterocycles. The number of imidazole rings is 1. The third kappa shape index (κ3) is 3.58. The minimum absolute atomic E-state index is 0.0890. The van der Waals surface area contributed by atoms with Gasteiger partial charge in [0.15, 0.2) is 11.5 Å². The van der Waals surface area contributed by atoms with Crippen LogP contribution in [-0.2, 0) is 6.42 Å². The second kappa shape index (κ2) is 8.07.